The van der Waals surface area contributed by atoms with Crippen molar-refractivity contribution in [1.29, 1.82) is 0 Å². The number of aromatic hydroxyl groups is 2. The Hall–Kier alpha value is -1.81. The summed E-state index contributed by atoms with van der Waals surface area (Å²) >= 11 is 0. The van der Waals surface area contributed by atoms with E-state index in [-0.39, 0.29) is 29.3 Å². The molecule has 1 aromatic carbocycles. The first-order valence-corrected chi connectivity index (χ1v) is 5.81. The normalized spacial score (nSPS) is 12.8. The van der Waals surface area contributed by atoms with Crippen LogP contribution in [-0.2, 0) is 4.79 Å². The molecule has 0 amide bonds. The lowest BCUT2D eigenvalue weighted by Gasteiger charge is -2.12. The Kier molecular flexibility index (Phi) is 4.92. The van der Waals surface area contributed by atoms with Gasteiger partial charge in [-0.25, -0.2) is 0 Å². The SMILES string of the molecule is C/C=C/CCC(=O)[C@H](O)c1cc(O)c(C)c(O)c1. The highest BCUT2D eigenvalue weighted by molar-refractivity contribution is 5.84. The molecule has 0 radical (unpaired) electrons. The van der Waals surface area contributed by atoms with Gasteiger partial charge in [0.15, 0.2) is 5.78 Å². The first kappa shape index (κ1) is 14.3. The zero-order valence-electron chi connectivity index (χ0n) is 10.6. The lowest BCUT2D eigenvalue weighted by molar-refractivity contribution is -0.127. The Morgan fingerprint density at radius 1 is 1.33 bits per heavy atom. The molecule has 98 valence electrons. The number of allylic oxidation sites excluding steroid dienone is 2. The molecule has 4 nitrogen and oxygen atoms in total. The molecule has 0 saturated carbocycles. The van der Waals surface area contributed by atoms with Crippen LogP contribution in [0, 0.1) is 6.92 Å². The minimum Gasteiger partial charge on any atom is -0.508 e. The van der Waals surface area contributed by atoms with Crippen molar-refractivity contribution in [3.8, 4) is 11.5 Å². The van der Waals surface area contributed by atoms with E-state index in [9.17, 15) is 20.1 Å². The van der Waals surface area contributed by atoms with Gasteiger partial charge in [0.25, 0.3) is 0 Å². The van der Waals surface area contributed by atoms with Crippen molar-refractivity contribution in [1.82, 2.24) is 0 Å². The number of aliphatic hydroxyl groups excluding tert-OH is 1. The van der Waals surface area contributed by atoms with Crippen molar-refractivity contribution in [3.05, 3.63) is 35.4 Å². The van der Waals surface area contributed by atoms with Crippen molar-refractivity contribution in [3.63, 3.8) is 0 Å². The first-order valence-electron chi connectivity index (χ1n) is 5.81. The second-order valence-electron chi connectivity index (χ2n) is 4.16. The summed E-state index contributed by atoms with van der Waals surface area (Å²) in [5.41, 5.74) is 0.536. The number of rotatable bonds is 5. The Balaban J connectivity index is 2.83. The number of benzene rings is 1. The van der Waals surface area contributed by atoms with Gasteiger partial charge in [-0.2, -0.15) is 0 Å². The maximum Gasteiger partial charge on any atom is 0.166 e. The second-order valence-corrected chi connectivity index (χ2v) is 4.16. The number of ketones is 1. The molecule has 1 aromatic rings. The van der Waals surface area contributed by atoms with Gasteiger partial charge in [-0.3, -0.25) is 4.79 Å². The van der Waals surface area contributed by atoms with Crippen LogP contribution in [0.25, 0.3) is 0 Å². The minimum atomic E-state index is -1.31. The summed E-state index contributed by atoms with van der Waals surface area (Å²) in [5, 5.41) is 28.9. The fourth-order valence-corrected chi connectivity index (χ4v) is 1.58. The van der Waals surface area contributed by atoms with Gasteiger partial charge in [-0.05, 0) is 38.0 Å². The van der Waals surface area contributed by atoms with Crippen LogP contribution in [0.1, 0.15) is 37.0 Å². The summed E-state index contributed by atoms with van der Waals surface area (Å²) in [4.78, 5) is 11.7. The number of Topliss-reactive ketones (excluding diaryl/α,β-unsaturated/α-hetero) is 1. The molecule has 0 aliphatic rings. The Labute approximate surface area is 106 Å². The standard InChI is InChI=1S/C14H18O4/c1-3-4-5-6-11(15)14(18)10-7-12(16)9(2)13(17)8-10/h3-4,7-8,14,16-18H,5-6H2,1-2H3/b4-3+/t14-/m1/s1. The van der Waals surface area contributed by atoms with Gasteiger partial charge in [-0.15, -0.1) is 0 Å². The van der Waals surface area contributed by atoms with E-state index in [0.29, 0.717) is 12.0 Å². The van der Waals surface area contributed by atoms with Crippen molar-refractivity contribution in [2.75, 3.05) is 0 Å². The van der Waals surface area contributed by atoms with Crippen LogP contribution in [0.15, 0.2) is 24.3 Å². The van der Waals surface area contributed by atoms with E-state index in [1.807, 2.05) is 19.1 Å². The van der Waals surface area contributed by atoms with Crippen molar-refractivity contribution >= 4 is 5.78 Å². The number of hydrogen-bond acceptors (Lipinski definition) is 4. The highest BCUT2D eigenvalue weighted by Gasteiger charge is 2.19. The van der Waals surface area contributed by atoms with Gasteiger partial charge in [-0.1, -0.05) is 12.2 Å². The highest BCUT2D eigenvalue weighted by atomic mass is 16.3. The summed E-state index contributed by atoms with van der Waals surface area (Å²) in [6.45, 7) is 3.41. The van der Waals surface area contributed by atoms with Gasteiger partial charge in [0.2, 0.25) is 0 Å². The van der Waals surface area contributed by atoms with Crippen LogP contribution in [0.3, 0.4) is 0 Å². The third-order valence-electron chi connectivity index (χ3n) is 2.79. The van der Waals surface area contributed by atoms with E-state index in [0.717, 1.165) is 0 Å². The fraction of sp³-hybridized carbons (Fsp3) is 0.357. The quantitative estimate of drug-likeness (QED) is 0.701. The predicted octanol–water partition coefficient (Wildman–Crippen LogP) is 2.37. The monoisotopic (exact) mass is 250 g/mol. The number of phenolic OH excluding ortho intramolecular Hbond substituents is 2. The number of hydrogen-bond donors (Lipinski definition) is 3. The molecule has 0 fully saturated rings. The van der Waals surface area contributed by atoms with Crippen LogP contribution in [0.4, 0.5) is 0 Å². The van der Waals surface area contributed by atoms with Gasteiger partial charge in [0.05, 0.1) is 0 Å². The summed E-state index contributed by atoms with van der Waals surface area (Å²) in [5.74, 6) is -0.605. The lowest BCUT2D eigenvalue weighted by Crippen LogP contribution is -2.11. The van der Waals surface area contributed by atoms with Crippen molar-refractivity contribution in [2.45, 2.75) is 32.8 Å². The zero-order valence-corrected chi connectivity index (χ0v) is 10.6. The number of aliphatic hydroxyl groups is 1. The Morgan fingerprint density at radius 2 is 1.89 bits per heavy atom. The van der Waals surface area contributed by atoms with Gasteiger partial charge in [0, 0.05) is 12.0 Å². The molecule has 0 unspecified atom stereocenters. The molecule has 0 aliphatic carbocycles. The smallest absolute Gasteiger partial charge is 0.166 e. The van der Waals surface area contributed by atoms with Crippen molar-refractivity contribution < 1.29 is 20.1 Å². The molecule has 0 saturated heterocycles. The molecule has 0 aromatic heterocycles. The van der Waals surface area contributed by atoms with E-state index in [2.05, 4.69) is 0 Å². The molecule has 1 rings (SSSR count). The number of carbonyl (C=O) groups is 1. The van der Waals surface area contributed by atoms with Crippen LogP contribution >= 0.6 is 0 Å². The van der Waals surface area contributed by atoms with Gasteiger partial charge < -0.3 is 15.3 Å². The second kappa shape index (κ2) is 6.21. The van der Waals surface area contributed by atoms with Gasteiger partial charge >= 0.3 is 0 Å². The molecular weight excluding hydrogens is 232 g/mol. The lowest BCUT2D eigenvalue weighted by atomic mass is 10.00. The zero-order chi connectivity index (χ0) is 13.7. The topological polar surface area (TPSA) is 77.8 Å². The summed E-state index contributed by atoms with van der Waals surface area (Å²) in [7, 11) is 0. The predicted molar refractivity (Wildman–Crippen MR) is 68.5 cm³/mol. The van der Waals surface area contributed by atoms with E-state index < -0.39 is 6.10 Å². The van der Waals surface area contributed by atoms with E-state index in [1.165, 1.54) is 12.1 Å². The average molecular weight is 250 g/mol. The molecule has 0 heterocycles. The molecule has 1 atom stereocenters. The average Bonchev–Trinajstić information content (AvgIpc) is 2.34. The van der Waals surface area contributed by atoms with Crippen molar-refractivity contribution in [2.24, 2.45) is 0 Å². The minimum absolute atomic E-state index is 0.134. The number of phenols is 2. The van der Waals surface area contributed by atoms with E-state index in [1.54, 1.807) is 6.92 Å². The first-order chi connectivity index (χ1) is 8.47. The maximum atomic E-state index is 11.7. The van der Waals surface area contributed by atoms with Crippen LogP contribution < -0.4 is 0 Å². The maximum absolute atomic E-state index is 11.7. The largest absolute Gasteiger partial charge is 0.508 e. The third kappa shape index (κ3) is 3.34. The highest BCUT2D eigenvalue weighted by Crippen LogP contribution is 2.31. The molecule has 0 aliphatic heterocycles. The van der Waals surface area contributed by atoms with E-state index >= 15 is 0 Å². The molecule has 0 bridgehead atoms. The molecule has 18 heavy (non-hydrogen) atoms. The summed E-state index contributed by atoms with van der Waals surface area (Å²) in [6.07, 6.45) is 3.15. The van der Waals surface area contributed by atoms with Crippen LogP contribution in [-0.4, -0.2) is 21.1 Å². The van der Waals surface area contributed by atoms with Crippen LogP contribution in [0.2, 0.25) is 0 Å². The number of carbonyl (C=O) groups excluding carboxylic acids is 1. The Bertz CT molecular complexity index is 440. The summed E-state index contributed by atoms with van der Waals surface area (Å²) in [6, 6.07) is 2.60. The van der Waals surface area contributed by atoms with E-state index in [4.69, 9.17) is 0 Å². The van der Waals surface area contributed by atoms with Crippen LogP contribution in [0.5, 0.6) is 11.5 Å². The summed E-state index contributed by atoms with van der Waals surface area (Å²) < 4.78 is 0. The molecule has 3 N–H and O–H groups in total. The Morgan fingerprint density at radius 3 is 2.39 bits per heavy atom. The molecule has 4 heteroatoms. The molecular formula is C14H18O4. The fourth-order valence-electron chi connectivity index (χ4n) is 1.58. The van der Waals surface area contributed by atoms with Gasteiger partial charge in [0.1, 0.15) is 17.6 Å². The molecule has 0 spiro atoms. The third-order valence-corrected chi connectivity index (χ3v) is 2.79.